The molecule has 364 valence electrons. The van der Waals surface area contributed by atoms with Crippen LogP contribution in [0.2, 0.25) is 0 Å². The highest BCUT2D eigenvalue weighted by molar-refractivity contribution is 5.70. The number of allylic oxidation sites excluding steroid dienone is 4. The van der Waals surface area contributed by atoms with E-state index in [0.717, 1.165) is 57.8 Å². The van der Waals surface area contributed by atoms with Crippen molar-refractivity contribution in [3.8, 4) is 0 Å². The van der Waals surface area contributed by atoms with E-state index in [1.165, 1.54) is 148 Å². The number of aliphatic hydroxyl groups is 4. The molecule has 1 fully saturated rings. The molecule has 0 bridgehead atoms. The summed E-state index contributed by atoms with van der Waals surface area (Å²) in [5.41, 5.74) is 0. The molecule has 10 nitrogen and oxygen atoms in total. The smallest absolute Gasteiger partial charge is 0.306 e. The van der Waals surface area contributed by atoms with Crippen LogP contribution in [-0.4, -0.2) is 89.0 Å². The van der Waals surface area contributed by atoms with E-state index in [4.69, 9.17) is 18.9 Å². The van der Waals surface area contributed by atoms with Gasteiger partial charge in [0.1, 0.15) is 31.0 Å². The summed E-state index contributed by atoms with van der Waals surface area (Å²) in [7, 11) is 0. The first-order valence-corrected chi connectivity index (χ1v) is 25.9. The molecule has 1 aliphatic heterocycles. The average Bonchev–Trinajstić information content (AvgIpc) is 3.27. The number of carbonyl (C=O) groups is 2. The van der Waals surface area contributed by atoms with Crippen LogP contribution >= 0.6 is 0 Å². The van der Waals surface area contributed by atoms with Gasteiger partial charge in [-0.05, 0) is 44.9 Å². The zero-order valence-corrected chi connectivity index (χ0v) is 39.9. The number of ether oxygens (including phenoxy) is 4. The normalized spacial score (nSPS) is 19.7. The Labute approximate surface area is 379 Å². The molecule has 0 amide bonds. The van der Waals surface area contributed by atoms with Crippen LogP contribution in [0.15, 0.2) is 24.3 Å². The molecule has 4 N–H and O–H groups in total. The van der Waals surface area contributed by atoms with Crippen LogP contribution in [0.4, 0.5) is 0 Å². The van der Waals surface area contributed by atoms with Crippen LogP contribution in [0.5, 0.6) is 0 Å². The topological polar surface area (TPSA) is 152 Å². The molecule has 1 aliphatic rings. The van der Waals surface area contributed by atoms with E-state index in [-0.39, 0.29) is 32.0 Å². The van der Waals surface area contributed by atoms with E-state index in [1.54, 1.807) is 0 Å². The lowest BCUT2D eigenvalue weighted by Gasteiger charge is -2.39. The summed E-state index contributed by atoms with van der Waals surface area (Å²) < 4.78 is 22.2. The molecule has 1 saturated heterocycles. The zero-order chi connectivity index (χ0) is 45.1. The van der Waals surface area contributed by atoms with E-state index in [1.807, 2.05) is 0 Å². The van der Waals surface area contributed by atoms with Gasteiger partial charge in [-0.2, -0.15) is 0 Å². The van der Waals surface area contributed by atoms with Crippen molar-refractivity contribution < 1.29 is 49.0 Å². The van der Waals surface area contributed by atoms with Gasteiger partial charge in [0.15, 0.2) is 12.4 Å². The minimum Gasteiger partial charge on any atom is -0.462 e. The van der Waals surface area contributed by atoms with Crippen LogP contribution < -0.4 is 0 Å². The SMILES string of the molecule is CCCCC/C=C\C/C=C\CCCCCCCC(=O)OC(COC(=O)CCCCCCCCCCCCCCCCCCCCCCCC)COC1OC(CO)C(O)C(O)C1O. The van der Waals surface area contributed by atoms with Crippen LogP contribution in [0.1, 0.15) is 239 Å². The second-order valence-corrected chi connectivity index (χ2v) is 18.0. The Morgan fingerprint density at radius 1 is 0.500 bits per heavy atom. The van der Waals surface area contributed by atoms with Gasteiger partial charge in [-0.15, -0.1) is 0 Å². The lowest BCUT2D eigenvalue weighted by Crippen LogP contribution is -2.59. The Morgan fingerprint density at radius 2 is 0.903 bits per heavy atom. The molecule has 0 saturated carbocycles. The highest BCUT2D eigenvalue weighted by atomic mass is 16.7. The van der Waals surface area contributed by atoms with Gasteiger partial charge in [0, 0.05) is 12.8 Å². The quantitative estimate of drug-likeness (QED) is 0.0264. The largest absolute Gasteiger partial charge is 0.462 e. The molecular weight excluding hydrogens is 785 g/mol. The van der Waals surface area contributed by atoms with Gasteiger partial charge in [-0.25, -0.2) is 0 Å². The highest BCUT2D eigenvalue weighted by Gasteiger charge is 2.44. The van der Waals surface area contributed by atoms with E-state index < -0.39 is 49.4 Å². The van der Waals surface area contributed by atoms with Crippen molar-refractivity contribution in [2.45, 2.75) is 275 Å². The maximum Gasteiger partial charge on any atom is 0.306 e. The summed E-state index contributed by atoms with van der Waals surface area (Å²) in [5.74, 6) is -0.811. The minimum absolute atomic E-state index is 0.217. The molecule has 10 heteroatoms. The number of hydrogen-bond acceptors (Lipinski definition) is 10. The summed E-state index contributed by atoms with van der Waals surface area (Å²) in [6.07, 6.45) is 41.9. The first kappa shape index (κ1) is 58.2. The third-order valence-electron chi connectivity index (χ3n) is 12.1. The molecule has 0 radical (unpaired) electrons. The van der Waals surface area contributed by atoms with Crippen molar-refractivity contribution in [3.05, 3.63) is 24.3 Å². The van der Waals surface area contributed by atoms with Crippen LogP contribution in [0.3, 0.4) is 0 Å². The van der Waals surface area contributed by atoms with Crippen LogP contribution in [0.25, 0.3) is 0 Å². The second-order valence-electron chi connectivity index (χ2n) is 18.0. The third kappa shape index (κ3) is 33.7. The third-order valence-corrected chi connectivity index (χ3v) is 12.1. The summed E-state index contributed by atoms with van der Waals surface area (Å²) >= 11 is 0. The second kappa shape index (κ2) is 43.1. The maximum atomic E-state index is 12.8. The fourth-order valence-electron chi connectivity index (χ4n) is 7.99. The van der Waals surface area contributed by atoms with Crippen molar-refractivity contribution in [1.82, 2.24) is 0 Å². The fourth-order valence-corrected chi connectivity index (χ4v) is 7.99. The molecule has 0 aromatic carbocycles. The number of unbranched alkanes of at least 4 members (excludes halogenated alkanes) is 29. The van der Waals surface area contributed by atoms with Gasteiger partial charge in [-0.1, -0.05) is 205 Å². The predicted octanol–water partition coefficient (Wildman–Crippen LogP) is 12.1. The lowest BCUT2D eigenvalue weighted by molar-refractivity contribution is -0.305. The van der Waals surface area contributed by atoms with Crippen LogP contribution in [0, 0.1) is 0 Å². The number of hydrogen-bond donors (Lipinski definition) is 4. The average molecular weight is 881 g/mol. The number of carbonyl (C=O) groups excluding carboxylic acids is 2. The Morgan fingerprint density at radius 3 is 1.37 bits per heavy atom. The highest BCUT2D eigenvalue weighted by Crippen LogP contribution is 2.23. The number of aliphatic hydroxyl groups excluding tert-OH is 4. The molecule has 6 atom stereocenters. The number of rotatable bonds is 44. The van der Waals surface area contributed by atoms with E-state index in [2.05, 4.69) is 38.2 Å². The van der Waals surface area contributed by atoms with Crippen molar-refractivity contribution in [1.29, 1.82) is 0 Å². The monoisotopic (exact) mass is 881 g/mol. The minimum atomic E-state index is -1.60. The van der Waals surface area contributed by atoms with Crippen molar-refractivity contribution >= 4 is 11.9 Å². The zero-order valence-electron chi connectivity index (χ0n) is 39.9. The lowest BCUT2D eigenvalue weighted by atomic mass is 9.99. The van der Waals surface area contributed by atoms with Gasteiger partial charge in [0.25, 0.3) is 0 Å². The molecule has 0 aromatic rings. The fraction of sp³-hybridized carbons (Fsp3) is 0.885. The van der Waals surface area contributed by atoms with Gasteiger partial charge in [0.05, 0.1) is 13.2 Å². The van der Waals surface area contributed by atoms with Gasteiger partial charge < -0.3 is 39.4 Å². The van der Waals surface area contributed by atoms with Crippen molar-refractivity contribution in [2.75, 3.05) is 19.8 Å². The van der Waals surface area contributed by atoms with Gasteiger partial charge >= 0.3 is 11.9 Å². The molecule has 6 unspecified atom stereocenters. The summed E-state index contributed by atoms with van der Waals surface area (Å²) in [6.45, 7) is 3.42. The summed E-state index contributed by atoms with van der Waals surface area (Å²) in [4.78, 5) is 25.4. The van der Waals surface area contributed by atoms with Gasteiger partial charge in [-0.3, -0.25) is 9.59 Å². The standard InChI is InChI=1S/C52H96O10/c1-3-5-7-9-11-13-15-17-19-20-21-22-23-24-25-27-28-30-32-34-36-38-40-47(54)59-43-45(44-60-52-51(58)50(57)49(56)46(42-53)62-52)61-48(55)41-39-37-35-33-31-29-26-18-16-14-12-10-8-6-4-2/h12,14,18,26,45-46,49-53,56-58H,3-11,13,15-17,19-25,27-44H2,1-2H3/b14-12-,26-18-. The molecule has 0 aromatic heterocycles. The van der Waals surface area contributed by atoms with Crippen LogP contribution in [-0.2, 0) is 28.5 Å². The first-order valence-electron chi connectivity index (χ1n) is 25.9. The molecule has 0 aliphatic carbocycles. The van der Waals surface area contributed by atoms with E-state index >= 15 is 0 Å². The molecule has 1 rings (SSSR count). The summed E-state index contributed by atoms with van der Waals surface area (Å²) in [6, 6.07) is 0. The Hall–Kier alpha value is -1.82. The molecule has 0 spiro atoms. The summed E-state index contributed by atoms with van der Waals surface area (Å²) in [5, 5.41) is 40.2. The molecule has 62 heavy (non-hydrogen) atoms. The first-order chi connectivity index (χ1) is 30.3. The van der Waals surface area contributed by atoms with E-state index in [0.29, 0.717) is 6.42 Å². The molecular formula is C52H96O10. The van der Waals surface area contributed by atoms with Crippen molar-refractivity contribution in [2.24, 2.45) is 0 Å². The van der Waals surface area contributed by atoms with Gasteiger partial charge in [0.2, 0.25) is 0 Å². The predicted molar refractivity (Wildman–Crippen MR) is 252 cm³/mol. The van der Waals surface area contributed by atoms with E-state index in [9.17, 15) is 30.0 Å². The van der Waals surface area contributed by atoms with Crippen molar-refractivity contribution in [3.63, 3.8) is 0 Å². The Bertz CT molecular complexity index is 1060. The Balaban J connectivity index is 2.23. The maximum absolute atomic E-state index is 12.8. The Kier molecular flexibility index (Phi) is 40.4. The number of esters is 2. The molecule has 1 heterocycles.